The molecule has 27 heavy (non-hydrogen) atoms. The summed E-state index contributed by atoms with van der Waals surface area (Å²) in [6, 6.07) is 3.88. The van der Waals surface area contributed by atoms with Crippen LogP contribution in [0.4, 0.5) is 5.82 Å². The molecule has 142 valence electrons. The number of aryl methyl sites for hydroxylation is 2. The smallest absolute Gasteiger partial charge is 0.265 e. The first-order valence-corrected chi connectivity index (χ1v) is 9.88. The Labute approximate surface area is 161 Å². The molecule has 3 aromatic rings. The Morgan fingerprint density at radius 2 is 1.93 bits per heavy atom. The number of amides is 1. The van der Waals surface area contributed by atoms with E-state index in [1.165, 1.54) is 11.3 Å². The van der Waals surface area contributed by atoms with Crippen LogP contribution in [0.2, 0.25) is 0 Å². The summed E-state index contributed by atoms with van der Waals surface area (Å²) >= 11 is 1.48. The van der Waals surface area contributed by atoms with Crippen molar-refractivity contribution < 1.29 is 4.79 Å². The molecule has 1 amide bonds. The van der Waals surface area contributed by atoms with E-state index in [1.807, 2.05) is 54.4 Å². The highest BCUT2D eigenvalue weighted by Crippen LogP contribution is 2.29. The number of rotatable bonds is 3. The molecule has 1 aliphatic rings. The summed E-state index contributed by atoms with van der Waals surface area (Å²) in [4.78, 5) is 21.8. The number of hydrogen-bond donors (Lipinski definition) is 0. The van der Waals surface area contributed by atoms with Crippen LogP contribution in [0.25, 0.3) is 5.65 Å². The van der Waals surface area contributed by atoms with Gasteiger partial charge < -0.3 is 9.80 Å². The fourth-order valence-corrected chi connectivity index (χ4v) is 4.39. The van der Waals surface area contributed by atoms with Gasteiger partial charge in [-0.15, -0.1) is 26.6 Å². The van der Waals surface area contributed by atoms with Gasteiger partial charge in [0.2, 0.25) is 0 Å². The molecule has 0 aromatic carbocycles. The van der Waals surface area contributed by atoms with Gasteiger partial charge in [0.1, 0.15) is 10.7 Å². The summed E-state index contributed by atoms with van der Waals surface area (Å²) in [6.07, 6.45) is 1.72. The highest BCUT2D eigenvalue weighted by atomic mass is 32.1. The molecule has 0 bridgehead atoms. The lowest BCUT2D eigenvalue weighted by atomic mass is 9.96. The van der Waals surface area contributed by atoms with Gasteiger partial charge in [-0.3, -0.25) is 4.79 Å². The van der Waals surface area contributed by atoms with Crippen molar-refractivity contribution in [3.8, 4) is 0 Å². The fourth-order valence-electron chi connectivity index (χ4n) is 3.50. The van der Waals surface area contributed by atoms with Crippen LogP contribution in [0.3, 0.4) is 0 Å². The predicted octanol–water partition coefficient (Wildman–Crippen LogP) is 2.28. The number of anilines is 1. The molecule has 0 unspecified atom stereocenters. The van der Waals surface area contributed by atoms with Crippen LogP contribution in [0.5, 0.6) is 0 Å². The Bertz CT molecular complexity index is 985. The summed E-state index contributed by atoms with van der Waals surface area (Å²) in [6.45, 7) is 5.26. The zero-order chi connectivity index (χ0) is 19.1. The second-order valence-corrected chi connectivity index (χ2v) is 8.33. The van der Waals surface area contributed by atoms with E-state index in [1.54, 1.807) is 0 Å². The van der Waals surface area contributed by atoms with Gasteiger partial charge in [0, 0.05) is 33.1 Å². The maximum Gasteiger partial charge on any atom is 0.265 e. The Kier molecular flexibility index (Phi) is 4.55. The first-order valence-electron chi connectivity index (χ1n) is 9.07. The van der Waals surface area contributed by atoms with Gasteiger partial charge in [0.15, 0.2) is 11.5 Å². The molecule has 0 saturated carbocycles. The van der Waals surface area contributed by atoms with Crippen molar-refractivity contribution >= 4 is 28.7 Å². The Morgan fingerprint density at radius 1 is 1.19 bits per heavy atom. The third kappa shape index (κ3) is 3.27. The van der Waals surface area contributed by atoms with Gasteiger partial charge in [-0.2, -0.15) is 4.52 Å². The van der Waals surface area contributed by atoms with Crippen LogP contribution in [0, 0.1) is 13.8 Å². The average molecular weight is 385 g/mol. The van der Waals surface area contributed by atoms with Gasteiger partial charge in [0.25, 0.3) is 5.91 Å². The third-order valence-electron chi connectivity index (χ3n) is 4.98. The number of nitrogens with zero attached hydrogens (tertiary/aromatic N) is 7. The molecule has 1 saturated heterocycles. The number of likely N-dealkylation sites (tertiary alicyclic amines) is 1. The SMILES string of the molecule is Cc1nc(C)c(C(=O)N2CCC(c3nnc4ccc(N(C)C)nn34)CC2)s1. The van der Waals surface area contributed by atoms with E-state index >= 15 is 0 Å². The molecular formula is C18H23N7OS. The van der Waals surface area contributed by atoms with Crippen LogP contribution in [-0.2, 0) is 0 Å². The number of piperidine rings is 1. The van der Waals surface area contributed by atoms with Crippen molar-refractivity contribution in [1.29, 1.82) is 0 Å². The van der Waals surface area contributed by atoms with Gasteiger partial charge in [-0.05, 0) is 38.8 Å². The van der Waals surface area contributed by atoms with Crippen molar-refractivity contribution in [3.05, 3.63) is 33.5 Å². The molecule has 0 radical (unpaired) electrons. The summed E-state index contributed by atoms with van der Waals surface area (Å²) in [5, 5.41) is 14.2. The quantitative estimate of drug-likeness (QED) is 0.688. The molecule has 0 atom stereocenters. The van der Waals surface area contributed by atoms with Crippen LogP contribution >= 0.6 is 11.3 Å². The minimum atomic E-state index is 0.0932. The molecule has 0 N–H and O–H groups in total. The van der Waals surface area contributed by atoms with Crippen molar-refractivity contribution in [2.75, 3.05) is 32.1 Å². The monoisotopic (exact) mass is 385 g/mol. The van der Waals surface area contributed by atoms with E-state index < -0.39 is 0 Å². The van der Waals surface area contributed by atoms with Gasteiger partial charge in [0.05, 0.1) is 10.7 Å². The summed E-state index contributed by atoms with van der Waals surface area (Å²) < 4.78 is 1.84. The zero-order valence-corrected chi connectivity index (χ0v) is 16.8. The third-order valence-corrected chi connectivity index (χ3v) is 6.04. The molecule has 3 aromatic heterocycles. The normalized spacial score (nSPS) is 15.5. The fraction of sp³-hybridized carbons (Fsp3) is 0.500. The standard InChI is InChI=1S/C18H23N7OS/c1-11-16(27-12(2)19-11)18(26)24-9-7-13(8-10-24)17-21-20-14-5-6-15(23(3)4)22-25(14)17/h5-6,13H,7-10H2,1-4H3. The van der Waals surface area contributed by atoms with E-state index in [0.29, 0.717) is 13.1 Å². The molecule has 0 aliphatic carbocycles. The molecule has 4 heterocycles. The molecule has 9 heteroatoms. The molecule has 8 nitrogen and oxygen atoms in total. The number of aromatic nitrogens is 5. The predicted molar refractivity (Wildman–Crippen MR) is 105 cm³/mol. The van der Waals surface area contributed by atoms with Crippen LogP contribution in [-0.4, -0.2) is 62.8 Å². The molecule has 4 rings (SSSR count). The zero-order valence-electron chi connectivity index (χ0n) is 16.0. The lowest BCUT2D eigenvalue weighted by Gasteiger charge is -2.30. The van der Waals surface area contributed by atoms with Crippen LogP contribution in [0.15, 0.2) is 12.1 Å². The average Bonchev–Trinajstić information content (AvgIpc) is 3.23. The highest BCUT2D eigenvalue weighted by Gasteiger charge is 2.29. The topological polar surface area (TPSA) is 79.5 Å². The van der Waals surface area contributed by atoms with Crippen molar-refractivity contribution in [2.45, 2.75) is 32.6 Å². The van der Waals surface area contributed by atoms with Gasteiger partial charge >= 0.3 is 0 Å². The van der Waals surface area contributed by atoms with E-state index in [-0.39, 0.29) is 11.8 Å². The number of carbonyl (C=O) groups excluding carboxylic acids is 1. The molecule has 1 aliphatic heterocycles. The van der Waals surface area contributed by atoms with E-state index in [2.05, 4.69) is 20.3 Å². The van der Waals surface area contributed by atoms with Gasteiger partial charge in [-0.25, -0.2) is 4.98 Å². The van der Waals surface area contributed by atoms with Gasteiger partial charge in [-0.1, -0.05) is 0 Å². The second-order valence-electron chi connectivity index (χ2n) is 7.13. The summed E-state index contributed by atoms with van der Waals surface area (Å²) in [5.41, 5.74) is 1.58. The number of hydrogen-bond acceptors (Lipinski definition) is 7. The number of fused-ring (bicyclic) bond motifs is 1. The first-order chi connectivity index (χ1) is 12.9. The van der Waals surface area contributed by atoms with Crippen LogP contribution < -0.4 is 4.90 Å². The molecule has 1 fully saturated rings. The van der Waals surface area contributed by atoms with E-state index in [0.717, 1.165) is 45.7 Å². The summed E-state index contributed by atoms with van der Waals surface area (Å²) in [5.74, 6) is 2.09. The minimum absolute atomic E-state index is 0.0932. The van der Waals surface area contributed by atoms with E-state index in [4.69, 9.17) is 0 Å². The van der Waals surface area contributed by atoms with Crippen molar-refractivity contribution in [2.24, 2.45) is 0 Å². The number of thiazole rings is 1. The highest BCUT2D eigenvalue weighted by molar-refractivity contribution is 7.13. The Morgan fingerprint density at radius 3 is 2.56 bits per heavy atom. The Balaban J connectivity index is 1.51. The lowest BCUT2D eigenvalue weighted by molar-refractivity contribution is 0.0714. The second kappa shape index (κ2) is 6.88. The first kappa shape index (κ1) is 17.8. The van der Waals surface area contributed by atoms with Crippen LogP contribution in [0.1, 0.15) is 45.0 Å². The number of carbonyl (C=O) groups is 1. The maximum absolute atomic E-state index is 12.8. The minimum Gasteiger partial charge on any atom is -0.361 e. The lowest BCUT2D eigenvalue weighted by Crippen LogP contribution is -2.38. The molecule has 0 spiro atoms. The van der Waals surface area contributed by atoms with Crippen molar-refractivity contribution in [1.82, 2.24) is 29.7 Å². The largest absolute Gasteiger partial charge is 0.361 e. The Hall–Kier alpha value is -2.55. The summed E-state index contributed by atoms with van der Waals surface area (Å²) in [7, 11) is 3.93. The van der Waals surface area contributed by atoms with E-state index in [9.17, 15) is 4.79 Å². The van der Waals surface area contributed by atoms with Crippen molar-refractivity contribution in [3.63, 3.8) is 0 Å². The molecular weight excluding hydrogens is 362 g/mol. The maximum atomic E-state index is 12.8.